The van der Waals surface area contributed by atoms with Crippen molar-refractivity contribution < 1.29 is 23.9 Å². The average Bonchev–Trinajstić information content (AvgIpc) is 2.78. The summed E-state index contributed by atoms with van der Waals surface area (Å²) in [4.78, 5) is 36.7. The second-order valence-electron chi connectivity index (χ2n) is 6.36. The minimum absolute atomic E-state index is 0.204. The molecule has 2 amide bonds. The second-order valence-corrected chi connectivity index (χ2v) is 6.80. The molecule has 0 radical (unpaired) electrons. The Morgan fingerprint density at radius 3 is 2.39 bits per heavy atom. The first-order chi connectivity index (χ1) is 15.0. The molecule has 0 fully saturated rings. The number of nitrogens with one attached hydrogen (secondary N) is 2. The molecule has 7 nitrogen and oxygen atoms in total. The van der Waals surface area contributed by atoms with Crippen LogP contribution in [-0.4, -0.2) is 31.5 Å². The van der Waals surface area contributed by atoms with Crippen LogP contribution in [0, 0.1) is 0 Å². The lowest BCUT2D eigenvalue weighted by Crippen LogP contribution is -2.20. The summed E-state index contributed by atoms with van der Waals surface area (Å²) in [5.41, 5.74) is 1.29. The summed E-state index contributed by atoms with van der Waals surface area (Å²) in [7, 11) is 1.27. The molecule has 0 atom stereocenters. The van der Waals surface area contributed by atoms with Gasteiger partial charge in [-0.05, 0) is 54.6 Å². The third kappa shape index (κ3) is 6.07. The van der Waals surface area contributed by atoms with Crippen molar-refractivity contribution in [2.24, 2.45) is 0 Å². The highest BCUT2D eigenvalue weighted by Crippen LogP contribution is 2.19. The summed E-state index contributed by atoms with van der Waals surface area (Å²) in [6.45, 7) is -0.204. The lowest BCUT2D eigenvalue weighted by Gasteiger charge is -2.11. The summed E-state index contributed by atoms with van der Waals surface area (Å²) in [5.74, 6) is -0.872. The van der Waals surface area contributed by atoms with Gasteiger partial charge in [-0.25, -0.2) is 4.79 Å². The van der Waals surface area contributed by atoms with Crippen LogP contribution in [0.15, 0.2) is 72.8 Å². The number of carbonyl (C=O) groups excluding carboxylic acids is 3. The molecule has 0 aliphatic heterocycles. The summed E-state index contributed by atoms with van der Waals surface area (Å²) in [5, 5.41) is 5.93. The van der Waals surface area contributed by atoms with E-state index in [0.717, 1.165) is 0 Å². The summed E-state index contributed by atoms with van der Waals surface area (Å²) >= 11 is 5.81. The molecule has 0 aliphatic rings. The van der Waals surface area contributed by atoms with Gasteiger partial charge in [-0.1, -0.05) is 29.8 Å². The molecular weight excluding hydrogens is 420 g/mol. The van der Waals surface area contributed by atoms with Gasteiger partial charge in [0.15, 0.2) is 6.61 Å². The van der Waals surface area contributed by atoms with E-state index in [1.165, 1.54) is 13.2 Å². The smallest absolute Gasteiger partial charge is 0.339 e. The van der Waals surface area contributed by atoms with Crippen LogP contribution < -0.4 is 15.4 Å². The number of para-hydroxylation sites is 1. The van der Waals surface area contributed by atoms with Gasteiger partial charge in [0.25, 0.3) is 11.8 Å². The average molecular weight is 439 g/mol. The minimum atomic E-state index is -0.558. The standard InChI is InChI=1S/C23H19ClN2O5/c1-30-23(29)19-7-2-3-8-20(19)26-22(28)15-5-4-6-17(13-15)25-21(27)14-31-18-11-9-16(24)10-12-18/h2-13H,14H2,1H3,(H,25,27)(H,26,28). The molecule has 0 heterocycles. The molecule has 3 rings (SSSR count). The van der Waals surface area contributed by atoms with Gasteiger partial charge in [0.1, 0.15) is 5.75 Å². The van der Waals surface area contributed by atoms with Crippen molar-refractivity contribution in [3.05, 3.63) is 88.9 Å². The second kappa shape index (κ2) is 10.3. The van der Waals surface area contributed by atoms with Gasteiger partial charge in [-0.3, -0.25) is 9.59 Å². The number of esters is 1. The maximum atomic E-state index is 12.6. The molecule has 0 aliphatic carbocycles. The molecule has 0 saturated heterocycles. The van der Waals surface area contributed by atoms with E-state index < -0.39 is 11.9 Å². The van der Waals surface area contributed by atoms with E-state index in [-0.39, 0.29) is 18.1 Å². The van der Waals surface area contributed by atoms with Gasteiger partial charge in [-0.2, -0.15) is 0 Å². The lowest BCUT2D eigenvalue weighted by atomic mass is 10.1. The van der Waals surface area contributed by atoms with Gasteiger partial charge < -0.3 is 20.1 Å². The third-order valence-corrected chi connectivity index (χ3v) is 4.42. The number of rotatable bonds is 7. The number of methoxy groups -OCH3 is 1. The fraction of sp³-hybridized carbons (Fsp3) is 0.0870. The molecule has 2 N–H and O–H groups in total. The number of carbonyl (C=O) groups is 3. The third-order valence-electron chi connectivity index (χ3n) is 4.17. The fourth-order valence-corrected chi connectivity index (χ4v) is 2.82. The topological polar surface area (TPSA) is 93.7 Å². The normalized spacial score (nSPS) is 10.1. The van der Waals surface area contributed by atoms with Crippen LogP contribution in [0.4, 0.5) is 11.4 Å². The molecule has 0 saturated carbocycles. The number of halogens is 1. The van der Waals surface area contributed by atoms with Crippen LogP contribution >= 0.6 is 11.6 Å². The first-order valence-corrected chi connectivity index (χ1v) is 9.61. The Kier molecular flexibility index (Phi) is 7.24. The Labute approximate surface area is 183 Å². The molecular formula is C23H19ClN2O5. The van der Waals surface area contributed by atoms with E-state index >= 15 is 0 Å². The summed E-state index contributed by atoms with van der Waals surface area (Å²) < 4.78 is 10.1. The fourth-order valence-electron chi connectivity index (χ4n) is 2.69. The zero-order valence-electron chi connectivity index (χ0n) is 16.6. The summed E-state index contributed by atoms with van der Waals surface area (Å²) in [6, 6.07) is 19.6. The van der Waals surface area contributed by atoms with E-state index in [4.69, 9.17) is 21.1 Å². The van der Waals surface area contributed by atoms with Crippen molar-refractivity contribution in [3.8, 4) is 5.75 Å². The predicted molar refractivity (Wildman–Crippen MR) is 118 cm³/mol. The van der Waals surface area contributed by atoms with Crippen LogP contribution in [0.5, 0.6) is 5.75 Å². The monoisotopic (exact) mass is 438 g/mol. The molecule has 0 spiro atoms. The minimum Gasteiger partial charge on any atom is -0.484 e. The Morgan fingerprint density at radius 1 is 0.903 bits per heavy atom. The Bertz CT molecular complexity index is 1100. The van der Waals surface area contributed by atoms with E-state index in [2.05, 4.69) is 10.6 Å². The van der Waals surface area contributed by atoms with Crippen molar-refractivity contribution in [3.63, 3.8) is 0 Å². The number of hydrogen-bond acceptors (Lipinski definition) is 5. The van der Waals surface area contributed by atoms with Crippen molar-refractivity contribution in [1.82, 2.24) is 0 Å². The predicted octanol–water partition coefficient (Wildman–Crippen LogP) is 4.40. The van der Waals surface area contributed by atoms with Crippen LogP contribution in [0.1, 0.15) is 20.7 Å². The maximum Gasteiger partial charge on any atom is 0.339 e. The SMILES string of the molecule is COC(=O)c1ccccc1NC(=O)c1cccc(NC(=O)COc2ccc(Cl)cc2)c1. The number of ether oxygens (including phenoxy) is 2. The van der Waals surface area contributed by atoms with Crippen molar-refractivity contribution in [1.29, 1.82) is 0 Å². The molecule has 0 aromatic heterocycles. The number of hydrogen-bond donors (Lipinski definition) is 2. The van der Waals surface area contributed by atoms with E-state index in [9.17, 15) is 14.4 Å². The molecule has 0 bridgehead atoms. The van der Waals surface area contributed by atoms with E-state index in [1.54, 1.807) is 66.7 Å². The molecule has 31 heavy (non-hydrogen) atoms. The van der Waals surface area contributed by atoms with Gasteiger partial charge in [0, 0.05) is 16.3 Å². The highest BCUT2D eigenvalue weighted by atomic mass is 35.5. The number of anilines is 2. The molecule has 0 unspecified atom stereocenters. The molecule has 3 aromatic rings. The zero-order chi connectivity index (χ0) is 22.2. The van der Waals surface area contributed by atoms with E-state index in [0.29, 0.717) is 27.7 Å². The Hall–Kier alpha value is -3.84. The van der Waals surface area contributed by atoms with Gasteiger partial charge >= 0.3 is 5.97 Å². The van der Waals surface area contributed by atoms with Gasteiger partial charge in [0.05, 0.1) is 18.4 Å². The Morgan fingerprint density at radius 2 is 1.65 bits per heavy atom. The maximum absolute atomic E-state index is 12.6. The summed E-state index contributed by atoms with van der Waals surface area (Å²) in [6.07, 6.45) is 0. The number of benzene rings is 3. The lowest BCUT2D eigenvalue weighted by molar-refractivity contribution is -0.118. The van der Waals surface area contributed by atoms with Crippen LogP contribution in [0.3, 0.4) is 0 Å². The molecule has 8 heteroatoms. The number of amides is 2. The first-order valence-electron chi connectivity index (χ1n) is 9.23. The van der Waals surface area contributed by atoms with E-state index in [1.807, 2.05) is 0 Å². The van der Waals surface area contributed by atoms with Crippen molar-refractivity contribution in [2.75, 3.05) is 24.4 Å². The highest BCUT2D eigenvalue weighted by Gasteiger charge is 2.15. The van der Waals surface area contributed by atoms with Crippen molar-refractivity contribution >= 4 is 40.8 Å². The Balaban J connectivity index is 1.63. The van der Waals surface area contributed by atoms with Crippen LogP contribution in [0.25, 0.3) is 0 Å². The molecule has 158 valence electrons. The zero-order valence-corrected chi connectivity index (χ0v) is 17.3. The van der Waals surface area contributed by atoms with Gasteiger partial charge in [-0.15, -0.1) is 0 Å². The van der Waals surface area contributed by atoms with Gasteiger partial charge in [0.2, 0.25) is 0 Å². The van der Waals surface area contributed by atoms with Crippen molar-refractivity contribution in [2.45, 2.75) is 0 Å². The quantitative estimate of drug-likeness (QED) is 0.533. The first kappa shape index (κ1) is 21.9. The largest absolute Gasteiger partial charge is 0.484 e. The van der Waals surface area contributed by atoms with Crippen LogP contribution in [-0.2, 0) is 9.53 Å². The van der Waals surface area contributed by atoms with Crippen LogP contribution in [0.2, 0.25) is 5.02 Å². The molecule has 3 aromatic carbocycles. The highest BCUT2D eigenvalue weighted by molar-refractivity contribution is 6.30.